The molecule has 0 unspecified atom stereocenters. The predicted octanol–water partition coefficient (Wildman–Crippen LogP) is 3.77. The average Bonchev–Trinajstić information content (AvgIpc) is 2.69. The Hall–Kier alpha value is -3.19. The van der Waals surface area contributed by atoms with Crippen molar-refractivity contribution >= 4 is 16.9 Å². The number of hydrogen-bond donors (Lipinski definition) is 1. The molecule has 0 amide bonds. The molecule has 0 saturated heterocycles. The Morgan fingerprint density at radius 2 is 1.83 bits per heavy atom. The summed E-state index contributed by atoms with van der Waals surface area (Å²) in [6.07, 6.45) is 0.614. The molecule has 0 aliphatic rings. The summed E-state index contributed by atoms with van der Waals surface area (Å²) in [5.41, 5.74) is 1.96. The normalized spacial score (nSPS) is 11.2. The molecule has 0 spiro atoms. The van der Waals surface area contributed by atoms with Crippen molar-refractivity contribution in [3.05, 3.63) is 75.4 Å². The summed E-state index contributed by atoms with van der Waals surface area (Å²) in [5.74, 6) is -0.659. The summed E-state index contributed by atoms with van der Waals surface area (Å²) in [6.45, 7) is 4.55. The fourth-order valence-electron chi connectivity index (χ4n) is 3.37. The van der Waals surface area contributed by atoms with Gasteiger partial charge >= 0.3 is 11.6 Å². The van der Waals surface area contributed by atoms with Gasteiger partial charge in [0.15, 0.2) is 0 Å². The number of aromatic hydroxyl groups is 1. The number of esters is 1. The lowest BCUT2D eigenvalue weighted by Gasteiger charge is -2.22. The minimum atomic E-state index is -0.543. The second kappa shape index (κ2) is 9.54. The molecule has 1 N–H and O–H groups in total. The van der Waals surface area contributed by atoms with Gasteiger partial charge in [0, 0.05) is 30.6 Å². The Morgan fingerprint density at radius 1 is 1.10 bits per heavy atom. The van der Waals surface area contributed by atoms with Crippen LogP contribution in [0.5, 0.6) is 5.75 Å². The van der Waals surface area contributed by atoms with E-state index in [2.05, 4.69) is 0 Å². The molecule has 0 bridgehead atoms. The monoisotopic (exact) mass is 413 g/mol. The third-order valence-corrected chi connectivity index (χ3v) is 4.78. The number of phenolic OH excluding ortho intramolecular Hbond substituents is 1. The lowest BCUT2D eigenvalue weighted by Crippen LogP contribution is -2.30. The van der Waals surface area contributed by atoms with E-state index < -0.39 is 11.6 Å². The molecule has 0 fully saturated rings. The summed E-state index contributed by atoms with van der Waals surface area (Å²) in [5, 5.41) is 10.8. The van der Waals surface area contributed by atoms with Crippen LogP contribution in [-0.2, 0) is 29.0 Å². The molecule has 0 aliphatic carbocycles. The zero-order valence-corrected chi connectivity index (χ0v) is 17.0. The molecule has 2 aromatic carbocycles. The Balaban J connectivity index is 1.97. The lowest BCUT2D eigenvalue weighted by molar-refractivity contribution is -0.144. The van der Waals surface area contributed by atoms with Crippen LogP contribution in [0.4, 0.5) is 4.39 Å². The largest absolute Gasteiger partial charge is 0.508 e. The number of aryl methyl sites for hydroxylation is 1. The fraction of sp³-hybridized carbons (Fsp3) is 0.304. The average molecular weight is 413 g/mol. The highest BCUT2D eigenvalue weighted by atomic mass is 19.1. The summed E-state index contributed by atoms with van der Waals surface area (Å²) < 4.78 is 23.6. The van der Waals surface area contributed by atoms with Crippen molar-refractivity contribution in [3.8, 4) is 5.75 Å². The van der Waals surface area contributed by atoms with Gasteiger partial charge in [-0.25, -0.2) is 9.18 Å². The first-order valence-corrected chi connectivity index (χ1v) is 9.80. The maximum atomic E-state index is 13.3. The molecule has 0 aliphatic heterocycles. The van der Waals surface area contributed by atoms with E-state index in [-0.39, 0.29) is 36.8 Å². The summed E-state index contributed by atoms with van der Waals surface area (Å²) in [4.78, 5) is 26.0. The highest BCUT2D eigenvalue weighted by Crippen LogP contribution is 2.27. The number of ether oxygens (including phenoxy) is 1. The number of halogens is 1. The number of carbonyl (C=O) groups is 1. The number of nitrogens with zero attached hydrogens (tertiary/aromatic N) is 1. The summed E-state index contributed by atoms with van der Waals surface area (Å²) >= 11 is 0. The number of hydrogen-bond acceptors (Lipinski definition) is 6. The van der Waals surface area contributed by atoms with Gasteiger partial charge in [-0.1, -0.05) is 19.1 Å². The van der Waals surface area contributed by atoms with Crippen LogP contribution in [0, 0.1) is 5.82 Å². The third-order valence-electron chi connectivity index (χ3n) is 4.78. The van der Waals surface area contributed by atoms with Gasteiger partial charge in [-0.3, -0.25) is 9.69 Å². The van der Waals surface area contributed by atoms with E-state index in [0.29, 0.717) is 23.9 Å². The van der Waals surface area contributed by atoms with E-state index in [4.69, 9.17) is 9.15 Å². The Kier molecular flexibility index (Phi) is 6.84. The van der Waals surface area contributed by atoms with Gasteiger partial charge in [0.05, 0.1) is 13.2 Å². The SMILES string of the molecule is CCOC(=O)CN(Cc1ccc(F)cc1)Cc1cc(=O)oc2cc(O)c(CC)cc12. The molecule has 1 aromatic heterocycles. The van der Waals surface area contributed by atoms with E-state index >= 15 is 0 Å². The van der Waals surface area contributed by atoms with Crippen LogP contribution in [-0.4, -0.2) is 29.1 Å². The number of rotatable bonds is 8. The van der Waals surface area contributed by atoms with Crippen LogP contribution in [0.25, 0.3) is 11.0 Å². The molecule has 0 atom stereocenters. The number of phenols is 1. The van der Waals surface area contributed by atoms with E-state index in [1.165, 1.54) is 24.3 Å². The highest BCUT2D eigenvalue weighted by Gasteiger charge is 2.17. The molecule has 3 aromatic rings. The van der Waals surface area contributed by atoms with Gasteiger partial charge in [-0.15, -0.1) is 0 Å². The van der Waals surface area contributed by atoms with Gasteiger partial charge in [0.25, 0.3) is 0 Å². The van der Waals surface area contributed by atoms with Gasteiger partial charge in [0.1, 0.15) is 17.1 Å². The molecule has 0 saturated carbocycles. The summed E-state index contributed by atoms with van der Waals surface area (Å²) in [7, 11) is 0. The zero-order valence-electron chi connectivity index (χ0n) is 17.0. The standard InChI is InChI=1S/C23H24FNO5/c1-3-16-9-19-17(10-22(27)30-21(19)11-20(16)26)13-25(14-23(28)29-4-2)12-15-5-7-18(24)8-6-15/h5-11,26H,3-4,12-14H2,1-2H3. The molecular weight excluding hydrogens is 389 g/mol. The van der Waals surface area contributed by atoms with Crippen LogP contribution in [0.1, 0.15) is 30.5 Å². The van der Waals surface area contributed by atoms with Gasteiger partial charge in [0.2, 0.25) is 0 Å². The molecular formula is C23H24FNO5. The fourth-order valence-corrected chi connectivity index (χ4v) is 3.37. The number of carbonyl (C=O) groups excluding carboxylic acids is 1. The van der Waals surface area contributed by atoms with Crippen molar-refractivity contribution < 1.29 is 23.4 Å². The van der Waals surface area contributed by atoms with Crippen LogP contribution in [0.2, 0.25) is 0 Å². The first kappa shape index (κ1) is 21.5. The lowest BCUT2D eigenvalue weighted by atomic mass is 10.0. The van der Waals surface area contributed by atoms with Crippen molar-refractivity contribution in [3.63, 3.8) is 0 Å². The zero-order chi connectivity index (χ0) is 21.7. The minimum absolute atomic E-state index is 0.00561. The topological polar surface area (TPSA) is 80.0 Å². The van der Waals surface area contributed by atoms with E-state index in [1.54, 1.807) is 25.1 Å². The number of fused-ring (bicyclic) bond motifs is 1. The first-order chi connectivity index (χ1) is 14.4. The van der Waals surface area contributed by atoms with E-state index in [1.807, 2.05) is 11.8 Å². The quantitative estimate of drug-likeness (QED) is 0.447. The van der Waals surface area contributed by atoms with Gasteiger partial charge in [-0.2, -0.15) is 0 Å². The Bertz CT molecular complexity index is 1090. The second-order valence-corrected chi connectivity index (χ2v) is 7.00. The van der Waals surface area contributed by atoms with E-state index in [9.17, 15) is 19.1 Å². The molecule has 7 heteroatoms. The molecule has 0 radical (unpaired) electrons. The predicted molar refractivity (Wildman–Crippen MR) is 111 cm³/mol. The smallest absolute Gasteiger partial charge is 0.336 e. The highest BCUT2D eigenvalue weighted by molar-refractivity contribution is 5.83. The molecule has 3 rings (SSSR count). The molecule has 30 heavy (non-hydrogen) atoms. The maximum absolute atomic E-state index is 13.3. The van der Waals surface area contributed by atoms with Crippen LogP contribution in [0.3, 0.4) is 0 Å². The van der Waals surface area contributed by atoms with Crippen LogP contribution in [0.15, 0.2) is 51.7 Å². The van der Waals surface area contributed by atoms with Crippen molar-refractivity contribution in [1.29, 1.82) is 0 Å². The van der Waals surface area contributed by atoms with Crippen LogP contribution < -0.4 is 5.63 Å². The van der Waals surface area contributed by atoms with Crippen molar-refractivity contribution in [2.24, 2.45) is 0 Å². The molecule has 158 valence electrons. The molecule has 1 heterocycles. The van der Waals surface area contributed by atoms with Crippen LogP contribution >= 0.6 is 0 Å². The Morgan fingerprint density at radius 3 is 2.50 bits per heavy atom. The van der Waals surface area contributed by atoms with Gasteiger partial charge in [-0.05, 0) is 48.2 Å². The van der Waals surface area contributed by atoms with Crippen molar-refractivity contribution in [2.45, 2.75) is 33.4 Å². The minimum Gasteiger partial charge on any atom is -0.508 e. The second-order valence-electron chi connectivity index (χ2n) is 7.00. The third kappa shape index (κ3) is 5.24. The number of benzene rings is 2. The molecule has 6 nitrogen and oxygen atoms in total. The Labute approximate surface area is 173 Å². The maximum Gasteiger partial charge on any atom is 0.336 e. The van der Waals surface area contributed by atoms with Crippen molar-refractivity contribution in [1.82, 2.24) is 4.90 Å². The summed E-state index contributed by atoms with van der Waals surface area (Å²) in [6, 6.07) is 10.7. The van der Waals surface area contributed by atoms with Gasteiger partial charge < -0.3 is 14.3 Å². The first-order valence-electron chi connectivity index (χ1n) is 9.80. The van der Waals surface area contributed by atoms with Crippen molar-refractivity contribution in [2.75, 3.05) is 13.2 Å². The van der Waals surface area contributed by atoms with E-state index in [0.717, 1.165) is 11.1 Å².